The van der Waals surface area contributed by atoms with E-state index >= 15 is 0 Å². The minimum atomic E-state index is 0.309. The predicted octanol–water partition coefficient (Wildman–Crippen LogP) is 3.19. The van der Waals surface area contributed by atoms with Crippen LogP contribution in [-0.4, -0.2) is 36.5 Å². The van der Waals surface area contributed by atoms with Crippen molar-refractivity contribution in [3.05, 3.63) is 0 Å². The van der Waals surface area contributed by atoms with Gasteiger partial charge in [0.15, 0.2) is 0 Å². The van der Waals surface area contributed by atoms with Crippen LogP contribution in [-0.2, 0) is 4.79 Å². The summed E-state index contributed by atoms with van der Waals surface area (Å²) >= 11 is 0. The normalized spacial score (nSPS) is 27.0. The fraction of sp³-hybridized carbons (Fsp3) is 0.944. The zero-order valence-electron chi connectivity index (χ0n) is 13.7. The molecule has 21 heavy (non-hydrogen) atoms. The van der Waals surface area contributed by atoms with Gasteiger partial charge in [-0.15, -0.1) is 0 Å². The van der Waals surface area contributed by atoms with Crippen molar-refractivity contribution in [2.24, 2.45) is 17.8 Å². The Bertz CT molecular complexity index is 337. The number of carbonyl (C=O) groups excluding carboxylic acids is 1. The number of nitrogens with one attached hydrogen (secondary N) is 1. The number of likely N-dealkylation sites (tertiary alicyclic amines) is 1. The number of rotatable bonds is 8. The third-order valence-electron chi connectivity index (χ3n) is 5.82. The molecule has 0 bridgehead atoms. The molecule has 1 heterocycles. The lowest BCUT2D eigenvalue weighted by atomic mass is 9.94. The minimum absolute atomic E-state index is 0.309. The van der Waals surface area contributed by atoms with E-state index in [2.05, 4.69) is 17.1 Å². The Hall–Kier alpha value is -0.570. The van der Waals surface area contributed by atoms with Gasteiger partial charge in [0.25, 0.3) is 0 Å². The van der Waals surface area contributed by atoms with E-state index in [1.807, 2.05) is 0 Å². The van der Waals surface area contributed by atoms with Gasteiger partial charge in [-0.25, -0.2) is 0 Å². The molecule has 3 rings (SSSR count). The first-order valence-electron chi connectivity index (χ1n) is 9.28. The largest absolute Gasteiger partial charge is 0.355 e. The van der Waals surface area contributed by atoms with Crippen LogP contribution in [0, 0.1) is 17.8 Å². The van der Waals surface area contributed by atoms with Crippen molar-refractivity contribution in [2.45, 2.75) is 70.8 Å². The van der Waals surface area contributed by atoms with Crippen molar-refractivity contribution in [3.8, 4) is 0 Å². The minimum Gasteiger partial charge on any atom is -0.355 e. The van der Waals surface area contributed by atoms with Gasteiger partial charge >= 0.3 is 0 Å². The maximum atomic E-state index is 12.2. The van der Waals surface area contributed by atoms with Gasteiger partial charge < -0.3 is 5.32 Å². The number of piperidine rings is 1. The fourth-order valence-electron chi connectivity index (χ4n) is 4.21. The third kappa shape index (κ3) is 4.45. The Labute approximate surface area is 129 Å². The lowest BCUT2D eigenvalue weighted by Gasteiger charge is -2.35. The number of amides is 1. The molecule has 0 aromatic rings. The molecule has 120 valence electrons. The molecule has 3 nitrogen and oxygen atoms in total. The van der Waals surface area contributed by atoms with Crippen molar-refractivity contribution in [1.29, 1.82) is 0 Å². The SMILES string of the molecule is CCC1CCCCN1CCNC(=O)CC(C1CC1)C1CC1. The maximum Gasteiger partial charge on any atom is 0.220 e. The van der Waals surface area contributed by atoms with Crippen LogP contribution < -0.4 is 5.32 Å². The summed E-state index contributed by atoms with van der Waals surface area (Å²) in [5.41, 5.74) is 0. The van der Waals surface area contributed by atoms with Gasteiger partial charge in [-0.2, -0.15) is 0 Å². The Morgan fingerprint density at radius 2 is 1.86 bits per heavy atom. The van der Waals surface area contributed by atoms with E-state index < -0.39 is 0 Å². The summed E-state index contributed by atoms with van der Waals surface area (Å²) in [6.07, 6.45) is 11.6. The Balaban J connectivity index is 1.35. The lowest BCUT2D eigenvalue weighted by molar-refractivity contribution is -0.122. The van der Waals surface area contributed by atoms with Crippen LogP contribution in [0.25, 0.3) is 0 Å². The molecular weight excluding hydrogens is 260 g/mol. The van der Waals surface area contributed by atoms with Gasteiger partial charge in [-0.1, -0.05) is 13.3 Å². The van der Waals surface area contributed by atoms with E-state index in [1.54, 1.807) is 0 Å². The molecule has 1 amide bonds. The van der Waals surface area contributed by atoms with Gasteiger partial charge in [-0.3, -0.25) is 9.69 Å². The smallest absolute Gasteiger partial charge is 0.220 e. The summed E-state index contributed by atoms with van der Waals surface area (Å²) < 4.78 is 0. The molecule has 3 heteroatoms. The van der Waals surface area contributed by atoms with E-state index in [-0.39, 0.29) is 0 Å². The molecule has 1 N–H and O–H groups in total. The van der Waals surface area contributed by atoms with Gasteiger partial charge in [0.05, 0.1) is 0 Å². The van der Waals surface area contributed by atoms with Gasteiger partial charge in [0.2, 0.25) is 5.91 Å². The zero-order valence-corrected chi connectivity index (χ0v) is 13.7. The molecule has 0 aromatic heterocycles. The molecular formula is C18H32N2O. The van der Waals surface area contributed by atoms with Crippen molar-refractivity contribution in [3.63, 3.8) is 0 Å². The highest BCUT2D eigenvalue weighted by Gasteiger charge is 2.42. The van der Waals surface area contributed by atoms with Crippen LogP contribution in [0.4, 0.5) is 0 Å². The van der Waals surface area contributed by atoms with E-state index in [0.717, 1.165) is 37.4 Å². The highest BCUT2D eigenvalue weighted by Crippen LogP contribution is 2.50. The summed E-state index contributed by atoms with van der Waals surface area (Å²) in [5, 5.41) is 3.19. The molecule has 3 aliphatic rings. The standard InChI is InChI=1S/C18H32N2O/c1-2-16-5-3-4-11-20(16)12-10-19-18(21)13-17(14-6-7-14)15-8-9-15/h14-17H,2-13H2,1H3,(H,19,21). The molecule has 3 fully saturated rings. The van der Waals surface area contributed by atoms with Crippen LogP contribution >= 0.6 is 0 Å². The Morgan fingerprint density at radius 3 is 2.48 bits per heavy atom. The maximum absolute atomic E-state index is 12.2. The number of carbonyl (C=O) groups is 1. The second-order valence-electron chi connectivity index (χ2n) is 7.49. The average Bonchev–Trinajstić information content (AvgIpc) is 3.39. The van der Waals surface area contributed by atoms with Crippen LogP contribution in [0.5, 0.6) is 0 Å². The van der Waals surface area contributed by atoms with Crippen LogP contribution in [0.3, 0.4) is 0 Å². The molecule has 1 saturated heterocycles. The first-order valence-corrected chi connectivity index (χ1v) is 9.28. The summed E-state index contributed by atoms with van der Waals surface area (Å²) in [6.45, 7) is 5.40. The van der Waals surface area contributed by atoms with E-state index in [0.29, 0.717) is 11.8 Å². The van der Waals surface area contributed by atoms with Crippen LogP contribution in [0.1, 0.15) is 64.7 Å². The van der Waals surface area contributed by atoms with Crippen molar-refractivity contribution in [2.75, 3.05) is 19.6 Å². The van der Waals surface area contributed by atoms with E-state index in [1.165, 1.54) is 57.9 Å². The summed E-state index contributed by atoms with van der Waals surface area (Å²) in [4.78, 5) is 14.8. The summed E-state index contributed by atoms with van der Waals surface area (Å²) in [6, 6.07) is 0.751. The highest BCUT2D eigenvalue weighted by atomic mass is 16.1. The molecule has 1 aliphatic heterocycles. The van der Waals surface area contributed by atoms with Crippen LogP contribution in [0.15, 0.2) is 0 Å². The van der Waals surface area contributed by atoms with Crippen LogP contribution in [0.2, 0.25) is 0 Å². The number of hydrogen-bond acceptors (Lipinski definition) is 2. The second-order valence-corrected chi connectivity index (χ2v) is 7.49. The molecule has 2 aliphatic carbocycles. The Kier molecular flexibility index (Phi) is 5.20. The average molecular weight is 292 g/mol. The van der Waals surface area contributed by atoms with E-state index in [9.17, 15) is 4.79 Å². The van der Waals surface area contributed by atoms with Gasteiger partial charge in [0.1, 0.15) is 0 Å². The molecule has 1 atom stereocenters. The first-order chi connectivity index (χ1) is 10.3. The van der Waals surface area contributed by atoms with Crippen molar-refractivity contribution < 1.29 is 4.79 Å². The lowest BCUT2D eigenvalue weighted by Crippen LogP contribution is -2.43. The molecule has 0 aromatic carbocycles. The van der Waals surface area contributed by atoms with Crippen molar-refractivity contribution in [1.82, 2.24) is 10.2 Å². The number of hydrogen-bond donors (Lipinski definition) is 1. The quantitative estimate of drug-likeness (QED) is 0.745. The zero-order chi connectivity index (χ0) is 14.7. The monoisotopic (exact) mass is 292 g/mol. The highest BCUT2D eigenvalue weighted by molar-refractivity contribution is 5.76. The molecule has 0 spiro atoms. The summed E-state index contributed by atoms with van der Waals surface area (Å²) in [5.74, 6) is 2.79. The van der Waals surface area contributed by atoms with Gasteiger partial charge in [-0.05, 0) is 69.2 Å². The third-order valence-corrected chi connectivity index (χ3v) is 5.82. The molecule has 0 radical (unpaired) electrons. The predicted molar refractivity (Wildman–Crippen MR) is 86.1 cm³/mol. The topological polar surface area (TPSA) is 32.3 Å². The molecule has 2 saturated carbocycles. The summed E-state index contributed by atoms with van der Waals surface area (Å²) in [7, 11) is 0. The fourth-order valence-corrected chi connectivity index (χ4v) is 4.21. The second kappa shape index (κ2) is 7.13. The van der Waals surface area contributed by atoms with Crippen molar-refractivity contribution >= 4 is 5.91 Å². The number of nitrogens with zero attached hydrogens (tertiary/aromatic N) is 1. The molecule has 1 unspecified atom stereocenters. The Morgan fingerprint density at radius 1 is 1.14 bits per heavy atom. The van der Waals surface area contributed by atoms with Gasteiger partial charge in [0, 0.05) is 25.6 Å². The first kappa shape index (κ1) is 15.3. The van der Waals surface area contributed by atoms with E-state index in [4.69, 9.17) is 0 Å².